The second kappa shape index (κ2) is 15.5. The molecule has 6 rings (SSSR count). The zero-order valence-corrected chi connectivity index (χ0v) is 27.9. The van der Waals surface area contributed by atoms with E-state index in [9.17, 15) is 0 Å². The number of rotatable bonds is 4. The van der Waals surface area contributed by atoms with E-state index < -0.39 is 5.89 Å². The Hall–Kier alpha value is -2.98. The maximum absolute atomic E-state index is 8.67. The first-order valence-electron chi connectivity index (χ1n) is 15.9. The molecule has 5 heteroatoms. The minimum Gasteiger partial charge on any atom is -0.309 e. The summed E-state index contributed by atoms with van der Waals surface area (Å²) < 4.78 is 26.7. The van der Waals surface area contributed by atoms with Crippen molar-refractivity contribution in [3.8, 4) is 11.3 Å². The van der Waals surface area contributed by atoms with Crippen molar-refractivity contribution in [3.63, 3.8) is 0 Å². The predicted molar refractivity (Wildman–Crippen MR) is 174 cm³/mol. The van der Waals surface area contributed by atoms with Gasteiger partial charge in [0.25, 0.3) is 0 Å². The molecule has 2 aliphatic rings. The van der Waals surface area contributed by atoms with E-state index in [4.69, 9.17) is 4.11 Å². The molecular weight excluding hydrogens is 711 g/mol. The van der Waals surface area contributed by atoms with Crippen LogP contribution in [0.15, 0.2) is 89.6 Å². The van der Waals surface area contributed by atoms with E-state index in [1.54, 1.807) is 12.3 Å². The van der Waals surface area contributed by atoms with Crippen LogP contribution in [0.4, 0.5) is 0 Å². The number of hydrogen-bond acceptors (Lipinski definition) is 4. The summed E-state index contributed by atoms with van der Waals surface area (Å²) in [4.78, 5) is 13.4. The normalized spacial score (nSPS) is 18.1. The average molecular weight is 753 g/mol. The number of benzene rings is 1. The van der Waals surface area contributed by atoms with Crippen molar-refractivity contribution in [2.24, 2.45) is 16.8 Å². The van der Waals surface area contributed by atoms with Crippen LogP contribution in [0.1, 0.15) is 78.2 Å². The third kappa shape index (κ3) is 8.53. The number of hydrogen-bond donors (Lipinski definition) is 0. The van der Waals surface area contributed by atoms with Gasteiger partial charge in [0.15, 0.2) is 0 Å². The Morgan fingerprint density at radius 3 is 2.60 bits per heavy atom. The molecule has 1 saturated carbocycles. The molecular formula is C37H39IrN3S-2. The van der Waals surface area contributed by atoms with E-state index in [1.165, 1.54) is 22.6 Å². The van der Waals surface area contributed by atoms with Crippen molar-refractivity contribution in [1.82, 2.24) is 9.97 Å². The van der Waals surface area contributed by atoms with E-state index in [1.807, 2.05) is 42.9 Å². The van der Waals surface area contributed by atoms with Crippen LogP contribution in [0, 0.1) is 37.8 Å². The van der Waals surface area contributed by atoms with Gasteiger partial charge in [-0.15, -0.1) is 59.2 Å². The smallest absolute Gasteiger partial charge is 0.0702 e. The molecule has 42 heavy (non-hydrogen) atoms. The molecule has 4 heterocycles. The molecule has 3 nitrogen and oxygen atoms in total. The summed E-state index contributed by atoms with van der Waals surface area (Å²) >= 11 is 1.52. The van der Waals surface area contributed by atoms with Crippen LogP contribution < -0.4 is 0 Å². The first-order chi connectivity index (χ1) is 21.1. The van der Waals surface area contributed by atoms with Gasteiger partial charge >= 0.3 is 0 Å². The molecule has 1 aliphatic heterocycles. The summed E-state index contributed by atoms with van der Waals surface area (Å²) in [6.45, 7) is 8.61. The van der Waals surface area contributed by atoms with Gasteiger partial charge in [0.1, 0.15) is 0 Å². The Labute approximate surface area is 273 Å². The zero-order valence-electron chi connectivity index (χ0n) is 27.7. The van der Waals surface area contributed by atoms with Crippen molar-refractivity contribution in [2.45, 2.75) is 65.7 Å². The Kier molecular flexibility index (Phi) is 10.3. The number of pyridine rings is 2. The van der Waals surface area contributed by atoms with E-state index in [0.717, 1.165) is 53.4 Å². The van der Waals surface area contributed by atoms with Crippen LogP contribution in [0.3, 0.4) is 0 Å². The second-order valence-electron chi connectivity index (χ2n) is 11.1. The Morgan fingerprint density at radius 2 is 1.83 bits per heavy atom. The van der Waals surface area contributed by atoms with Crippen LogP contribution in [-0.4, -0.2) is 15.7 Å². The maximum atomic E-state index is 8.67. The van der Waals surface area contributed by atoms with Gasteiger partial charge in [-0.3, -0.25) is 4.98 Å². The maximum Gasteiger partial charge on any atom is 0.0702 e. The summed E-state index contributed by atoms with van der Waals surface area (Å²) in [5.74, 6) is 0.513. The molecule has 1 unspecified atom stereocenters. The van der Waals surface area contributed by atoms with E-state index in [2.05, 4.69) is 72.1 Å². The average Bonchev–Trinajstić information content (AvgIpc) is 3.50. The monoisotopic (exact) mass is 753 g/mol. The first kappa shape index (κ1) is 27.8. The quantitative estimate of drug-likeness (QED) is 0.195. The summed E-state index contributed by atoms with van der Waals surface area (Å²) in [5, 5.41) is 1.91. The van der Waals surface area contributed by atoms with Gasteiger partial charge in [0.2, 0.25) is 0 Å². The van der Waals surface area contributed by atoms with Gasteiger partial charge < -0.3 is 9.98 Å². The Morgan fingerprint density at radius 1 is 1.00 bits per heavy atom. The summed E-state index contributed by atoms with van der Waals surface area (Å²) in [5.41, 5.74) is 7.19. The molecule has 1 aliphatic carbocycles. The molecule has 0 spiro atoms. The molecule has 0 amide bonds. The largest absolute Gasteiger partial charge is 0.309 e. The Bertz CT molecular complexity index is 1740. The van der Waals surface area contributed by atoms with Gasteiger partial charge in [-0.25, -0.2) is 0 Å². The van der Waals surface area contributed by atoms with Gasteiger partial charge in [0.05, 0.1) is 8.26 Å². The van der Waals surface area contributed by atoms with Crippen molar-refractivity contribution in [3.05, 3.63) is 119 Å². The first-order valence-corrected chi connectivity index (χ1v) is 15.3. The number of aryl methyl sites for hydroxylation is 2. The van der Waals surface area contributed by atoms with Crippen molar-refractivity contribution < 1.29 is 24.2 Å². The molecule has 0 saturated heterocycles. The molecule has 0 bridgehead atoms. The fourth-order valence-electron chi connectivity index (χ4n) is 4.95. The topological polar surface area (TPSA) is 38.1 Å². The minimum absolute atomic E-state index is 0. The van der Waals surface area contributed by atoms with Crippen LogP contribution in [-0.2, 0) is 20.1 Å². The van der Waals surface area contributed by atoms with Gasteiger partial charge in [-0.05, 0) is 72.5 Å². The van der Waals surface area contributed by atoms with Crippen molar-refractivity contribution in [1.29, 1.82) is 0 Å². The van der Waals surface area contributed by atoms with Crippen LogP contribution >= 0.6 is 11.3 Å². The third-order valence-electron chi connectivity index (χ3n) is 7.52. The van der Waals surface area contributed by atoms with Crippen LogP contribution in [0.2, 0.25) is 0 Å². The minimum atomic E-state index is -0.773. The molecule has 1 radical (unpaired) electrons. The third-order valence-corrected chi connectivity index (χ3v) is 8.46. The Balaban J connectivity index is 0.000000231. The fraction of sp³-hybridized carbons (Fsp3) is 0.324. The summed E-state index contributed by atoms with van der Waals surface area (Å²) in [6, 6.07) is 20.6. The van der Waals surface area contributed by atoms with Gasteiger partial charge in [-0.1, -0.05) is 63.2 Å². The van der Waals surface area contributed by atoms with Gasteiger partial charge in [0, 0.05) is 44.8 Å². The van der Waals surface area contributed by atoms with E-state index >= 15 is 0 Å². The zero-order chi connectivity index (χ0) is 31.3. The van der Waals surface area contributed by atoms with E-state index in [0.29, 0.717) is 28.7 Å². The molecule has 1 atom stereocenters. The van der Waals surface area contributed by atoms with Crippen LogP contribution in [0.5, 0.6) is 0 Å². The standard InChI is InChI=1S/C22H21N2S.C15H18N.Ir/c1-16-12-22-21(23-13-16)9-5-4-8-19(15-25-22)20-11-10-18(14-24-20)17-6-2-3-7-17;1-11(2)14-8-9-16-15(10-14)13-6-4-12(3)5-7-13;/h4-5,9-15,17H,2-3,6-7H2,1H3;4-6,8-9,11,14H,10H2,1-3H3;/q2*-1;/i10D,11D,17D;;. The molecule has 1 aromatic carbocycles. The summed E-state index contributed by atoms with van der Waals surface area (Å²) in [7, 11) is 0. The van der Waals surface area contributed by atoms with Crippen molar-refractivity contribution >= 4 is 27.3 Å². The molecule has 1 fully saturated rings. The predicted octanol–water partition coefficient (Wildman–Crippen LogP) is 10.0. The molecule has 3 aromatic heterocycles. The number of aromatic nitrogens is 2. The number of nitrogens with zero attached hydrogens (tertiary/aromatic N) is 3. The second-order valence-corrected chi connectivity index (χ2v) is 12.0. The van der Waals surface area contributed by atoms with Crippen molar-refractivity contribution in [2.75, 3.05) is 0 Å². The number of fused-ring (bicyclic) bond motifs is 1. The SMILES string of the molecule is Cc1c[c-]c(C2=NC=CC(C(C)C)C2)cc1.[2H]c1c(C2([2H])CCCC2)cnc(-c2[c-]cccc3ncc(C)cc3sc2)c1[2H].[Ir]. The van der Waals surface area contributed by atoms with E-state index in [-0.39, 0.29) is 32.2 Å². The van der Waals surface area contributed by atoms with Gasteiger partial charge in [-0.2, -0.15) is 11.3 Å². The number of allylic oxidation sites excluding steroid dienone is 1. The molecule has 0 N–H and O–H groups in total. The summed E-state index contributed by atoms with van der Waals surface area (Å²) in [6.07, 6.45) is 12.1. The van der Waals surface area contributed by atoms with Crippen LogP contribution in [0.25, 0.3) is 21.5 Å². The fourth-order valence-corrected chi connectivity index (χ4v) is 5.87. The molecule has 4 aromatic rings. The molecule has 219 valence electrons. The number of aliphatic imine (C=N–C) groups is 1.